The first-order valence-corrected chi connectivity index (χ1v) is 10.5. The van der Waals surface area contributed by atoms with Crippen molar-refractivity contribution in [1.82, 2.24) is 10.7 Å². The number of halogens is 1. The smallest absolute Gasteiger partial charge is 0.287 e. The lowest BCUT2D eigenvalue weighted by Gasteiger charge is -2.13. The highest BCUT2D eigenvalue weighted by Gasteiger charge is 2.16. The van der Waals surface area contributed by atoms with Crippen molar-refractivity contribution < 1.29 is 19.8 Å². The average molecular weight is 479 g/mol. The van der Waals surface area contributed by atoms with Crippen molar-refractivity contribution in [3.05, 3.63) is 94.1 Å². The SMILES string of the molecule is CN(C)c1ccc(C=C(NC(=O)c2ccccc2Cl)C(=O)NN=Cc2ccc(O)cc2O)cc1. The number of nitrogens with zero attached hydrogens (tertiary/aromatic N) is 2. The number of carbonyl (C=O) groups is 2. The number of phenolic OH excluding ortho intramolecular Hbond substituents is 2. The zero-order chi connectivity index (χ0) is 24.7. The fraction of sp³-hybridized carbons (Fsp3) is 0.0800. The van der Waals surface area contributed by atoms with Gasteiger partial charge in [-0.25, -0.2) is 5.43 Å². The number of hydrogen-bond acceptors (Lipinski definition) is 6. The Morgan fingerprint density at radius 1 is 1.00 bits per heavy atom. The Hall–Kier alpha value is -4.30. The summed E-state index contributed by atoms with van der Waals surface area (Å²) >= 11 is 6.12. The number of hydrazone groups is 1. The van der Waals surface area contributed by atoms with E-state index < -0.39 is 11.8 Å². The van der Waals surface area contributed by atoms with E-state index in [0.29, 0.717) is 5.56 Å². The molecule has 0 spiro atoms. The standard InChI is InChI=1S/C25H23ClN4O4/c1-30(2)18-10-7-16(8-11-18)13-22(28-24(33)20-5-3-4-6-21(20)26)25(34)29-27-15-17-9-12-19(31)14-23(17)32/h3-15,31-32H,1-2H3,(H,28,33)(H,29,34). The van der Waals surface area contributed by atoms with Gasteiger partial charge in [0.1, 0.15) is 17.2 Å². The molecule has 174 valence electrons. The molecule has 3 rings (SSSR count). The average Bonchev–Trinajstić information content (AvgIpc) is 2.80. The van der Waals surface area contributed by atoms with E-state index >= 15 is 0 Å². The normalized spacial score (nSPS) is 11.3. The van der Waals surface area contributed by atoms with E-state index in [4.69, 9.17) is 11.6 Å². The van der Waals surface area contributed by atoms with E-state index in [-0.39, 0.29) is 33.3 Å². The number of phenols is 2. The Labute approximate surface area is 201 Å². The lowest BCUT2D eigenvalue weighted by Crippen LogP contribution is -2.33. The maximum Gasteiger partial charge on any atom is 0.287 e. The maximum atomic E-state index is 12.9. The van der Waals surface area contributed by atoms with Gasteiger partial charge in [-0.1, -0.05) is 35.9 Å². The van der Waals surface area contributed by atoms with Gasteiger partial charge < -0.3 is 20.4 Å². The summed E-state index contributed by atoms with van der Waals surface area (Å²) < 4.78 is 0. The highest BCUT2D eigenvalue weighted by atomic mass is 35.5. The number of carbonyl (C=O) groups excluding carboxylic acids is 2. The summed E-state index contributed by atoms with van der Waals surface area (Å²) in [5.74, 6) is -1.56. The minimum atomic E-state index is -0.688. The van der Waals surface area contributed by atoms with Gasteiger partial charge in [0.25, 0.3) is 11.8 Å². The summed E-state index contributed by atoms with van der Waals surface area (Å²) in [5.41, 5.74) is 4.41. The second-order valence-corrected chi connectivity index (χ2v) is 7.83. The third-order valence-electron chi connectivity index (χ3n) is 4.72. The second-order valence-electron chi connectivity index (χ2n) is 7.42. The van der Waals surface area contributed by atoms with E-state index in [1.165, 1.54) is 24.4 Å². The summed E-state index contributed by atoms with van der Waals surface area (Å²) in [6, 6.07) is 17.8. The van der Waals surface area contributed by atoms with Gasteiger partial charge in [0.05, 0.1) is 16.8 Å². The summed E-state index contributed by atoms with van der Waals surface area (Å²) in [6.45, 7) is 0. The number of anilines is 1. The van der Waals surface area contributed by atoms with E-state index in [0.717, 1.165) is 11.8 Å². The molecular weight excluding hydrogens is 456 g/mol. The number of nitrogens with one attached hydrogen (secondary N) is 2. The van der Waals surface area contributed by atoms with Gasteiger partial charge in [0.15, 0.2) is 0 Å². The number of rotatable bonds is 7. The molecular formula is C25H23ClN4O4. The van der Waals surface area contributed by atoms with E-state index in [1.54, 1.807) is 24.3 Å². The Morgan fingerprint density at radius 3 is 2.35 bits per heavy atom. The molecule has 0 fully saturated rings. The Kier molecular flexibility index (Phi) is 7.89. The molecule has 0 radical (unpaired) electrons. The second kappa shape index (κ2) is 11.0. The molecule has 0 saturated carbocycles. The fourth-order valence-electron chi connectivity index (χ4n) is 2.89. The van der Waals surface area contributed by atoms with Crippen LogP contribution in [0.2, 0.25) is 5.02 Å². The fourth-order valence-corrected chi connectivity index (χ4v) is 3.11. The molecule has 2 amide bonds. The van der Waals surface area contributed by atoms with Crippen LogP contribution in [0.4, 0.5) is 5.69 Å². The zero-order valence-electron chi connectivity index (χ0n) is 18.5. The van der Waals surface area contributed by atoms with Crippen LogP contribution in [-0.4, -0.2) is 42.3 Å². The number of benzene rings is 3. The van der Waals surface area contributed by atoms with Gasteiger partial charge in [-0.3, -0.25) is 9.59 Å². The predicted octanol–water partition coefficient (Wildman–Crippen LogP) is 3.74. The third kappa shape index (κ3) is 6.36. The molecule has 0 bridgehead atoms. The van der Waals surface area contributed by atoms with Gasteiger partial charge in [0.2, 0.25) is 0 Å². The Morgan fingerprint density at radius 2 is 1.71 bits per heavy atom. The van der Waals surface area contributed by atoms with E-state index in [1.807, 2.05) is 43.3 Å². The highest BCUT2D eigenvalue weighted by Crippen LogP contribution is 2.21. The molecule has 3 aromatic carbocycles. The molecule has 8 nitrogen and oxygen atoms in total. The molecule has 3 aromatic rings. The molecule has 0 aromatic heterocycles. The quantitative estimate of drug-likeness (QED) is 0.235. The minimum absolute atomic E-state index is 0.0606. The number of amides is 2. The highest BCUT2D eigenvalue weighted by molar-refractivity contribution is 6.34. The van der Waals surface area contributed by atoms with Crippen LogP contribution >= 0.6 is 11.6 Å². The van der Waals surface area contributed by atoms with Crippen LogP contribution in [0.15, 0.2) is 77.5 Å². The number of hydrogen-bond donors (Lipinski definition) is 4. The topological polar surface area (TPSA) is 114 Å². The van der Waals surface area contributed by atoms with E-state index in [9.17, 15) is 19.8 Å². The van der Waals surface area contributed by atoms with Gasteiger partial charge in [-0.05, 0) is 48.0 Å². The lowest BCUT2D eigenvalue weighted by molar-refractivity contribution is -0.117. The molecule has 9 heteroatoms. The van der Waals surface area contributed by atoms with Gasteiger partial charge in [-0.2, -0.15) is 5.10 Å². The first kappa shape index (κ1) is 24.3. The summed E-state index contributed by atoms with van der Waals surface area (Å²) in [4.78, 5) is 27.6. The first-order chi connectivity index (χ1) is 16.2. The summed E-state index contributed by atoms with van der Waals surface area (Å²) in [5, 5.41) is 25.9. The molecule has 0 atom stereocenters. The number of aromatic hydroxyl groups is 2. The molecule has 0 aliphatic heterocycles. The summed E-state index contributed by atoms with van der Waals surface area (Å²) in [7, 11) is 3.83. The van der Waals surface area contributed by atoms with Crippen molar-refractivity contribution in [3.8, 4) is 11.5 Å². The third-order valence-corrected chi connectivity index (χ3v) is 5.05. The Bertz CT molecular complexity index is 1250. The van der Waals surface area contributed by atoms with Gasteiger partial charge in [0, 0.05) is 31.4 Å². The van der Waals surface area contributed by atoms with Crippen molar-refractivity contribution in [1.29, 1.82) is 0 Å². The van der Waals surface area contributed by atoms with Gasteiger partial charge in [-0.15, -0.1) is 0 Å². The lowest BCUT2D eigenvalue weighted by atomic mass is 10.1. The van der Waals surface area contributed by atoms with Crippen LogP contribution in [0, 0.1) is 0 Å². The first-order valence-electron chi connectivity index (χ1n) is 10.1. The van der Waals surface area contributed by atoms with Crippen LogP contribution in [0.1, 0.15) is 21.5 Å². The molecule has 0 saturated heterocycles. The van der Waals surface area contributed by atoms with Crippen molar-refractivity contribution in [2.45, 2.75) is 0 Å². The van der Waals surface area contributed by atoms with Crippen LogP contribution in [-0.2, 0) is 4.79 Å². The van der Waals surface area contributed by atoms with Crippen molar-refractivity contribution >= 4 is 41.4 Å². The van der Waals surface area contributed by atoms with Crippen molar-refractivity contribution in [2.75, 3.05) is 19.0 Å². The van der Waals surface area contributed by atoms with Gasteiger partial charge >= 0.3 is 0 Å². The molecule has 0 aliphatic carbocycles. The van der Waals surface area contributed by atoms with Crippen LogP contribution in [0.25, 0.3) is 6.08 Å². The molecule has 0 unspecified atom stereocenters. The Balaban J connectivity index is 1.85. The molecule has 0 heterocycles. The predicted molar refractivity (Wildman–Crippen MR) is 133 cm³/mol. The minimum Gasteiger partial charge on any atom is -0.508 e. The monoisotopic (exact) mass is 478 g/mol. The van der Waals surface area contributed by atoms with Crippen LogP contribution < -0.4 is 15.6 Å². The van der Waals surface area contributed by atoms with E-state index in [2.05, 4.69) is 15.8 Å². The van der Waals surface area contributed by atoms with Crippen LogP contribution in [0.5, 0.6) is 11.5 Å². The molecule has 4 N–H and O–H groups in total. The van der Waals surface area contributed by atoms with Crippen LogP contribution in [0.3, 0.4) is 0 Å². The maximum absolute atomic E-state index is 12.9. The molecule has 0 aliphatic rings. The van der Waals surface area contributed by atoms with Crippen molar-refractivity contribution in [3.63, 3.8) is 0 Å². The molecule has 34 heavy (non-hydrogen) atoms. The zero-order valence-corrected chi connectivity index (χ0v) is 19.2. The van der Waals surface area contributed by atoms with Crippen molar-refractivity contribution in [2.24, 2.45) is 5.10 Å². The largest absolute Gasteiger partial charge is 0.508 e. The summed E-state index contributed by atoms with van der Waals surface area (Å²) in [6.07, 6.45) is 2.73.